The highest BCUT2D eigenvalue weighted by Crippen LogP contribution is 2.30. The van der Waals surface area contributed by atoms with Crippen LogP contribution in [0.15, 0.2) is 36.4 Å². The SMILES string of the molecule is COc1cccc(OC)c1C(=O)N1CCN(Cc2ccc(Cl)c(Cl)c2)CC1. The molecular weight excluding hydrogens is 387 g/mol. The van der Waals surface area contributed by atoms with E-state index in [4.69, 9.17) is 32.7 Å². The molecule has 1 heterocycles. The fourth-order valence-electron chi connectivity index (χ4n) is 3.23. The van der Waals surface area contributed by atoms with Gasteiger partial charge >= 0.3 is 0 Å². The van der Waals surface area contributed by atoms with Crippen LogP contribution in [0.5, 0.6) is 11.5 Å². The van der Waals surface area contributed by atoms with E-state index in [0.717, 1.165) is 25.2 Å². The molecule has 27 heavy (non-hydrogen) atoms. The molecule has 1 saturated heterocycles. The minimum atomic E-state index is -0.0708. The van der Waals surface area contributed by atoms with Crippen molar-refractivity contribution in [3.63, 3.8) is 0 Å². The molecule has 5 nitrogen and oxygen atoms in total. The lowest BCUT2D eigenvalue weighted by Gasteiger charge is -2.35. The maximum absolute atomic E-state index is 13.0. The number of carbonyl (C=O) groups excluding carboxylic acids is 1. The van der Waals surface area contributed by atoms with Gasteiger partial charge in [-0.05, 0) is 29.8 Å². The van der Waals surface area contributed by atoms with Crippen molar-refractivity contribution in [1.82, 2.24) is 9.80 Å². The van der Waals surface area contributed by atoms with Gasteiger partial charge in [0.1, 0.15) is 17.1 Å². The van der Waals surface area contributed by atoms with E-state index in [2.05, 4.69) is 4.90 Å². The zero-order valence-electron chi connectivity index (χ0n) is 15.4. The number of hydrogen-bond donors (Lipinski definition) is 0. The predicted octanol–water partition coefficient (Wildman–Crippen LogP) is 3.97. The van der Waals surface area contributed by atoms with Crippen LogP contribution in [0.25, 0.3) is 0 Å². The first-order valence-electron chi connectivity index (χ1n) is 8.70. The summed E-state index contributed by atoms with van der Waals surface area (Å²) in [4.78, 5) is 17.2. The van der Waals surface area contributed by atoms with Crippen molar-refractivity contribution in [2.75, 3.05) is 40.4 Å². The van der Waals surface area contributed by atoms with Gasteiger partial charge in [0.15, 0.2) is 0 Å². The lowest BCUT2D eigenvalue weighted by Crippen LogP contribution is -2.48. The standard InChI is InChI=1S/C20H22Cl2N2O3/c1-26-17-4-3-5-18(27-2)19(17)20(25)24-10-8-23(9-11-24)13-14-6-7-15(21)16(22)12-14/h3-7,12H,8-11,13H2,1-2H3. The molecular formula is C20H22Cl2N2O3. The molecule has 2 aromatic carbocycles. The fraction of sp³-hybridized carbons (Fsp3) is 0.350. The molecule has 0 spiro atoms. The molecule has 2 aromatic rings. The molecule has 0 bridgehead atoms. The van der Waals surface area contributed by atoms with Gasteiger partial charge in [-0.2, -0.15) is 0 Å². The molecule has 0 radical (unpaired) electrons. The molecule has 144 valence electrons. The van der Waals surface area contributed by atoms with Gasteiger partial charge in [0.2, 0.25) is 0 Å². The summed E-state index contributed by atoms with van der Waals surface area (Å²) in [5.41, 5.74) is 1.58. The Morgan fingerprint density at radius 3 is 2.15 bits per heavy atom. The van der Waals surface area contributed by atoms with Crippen molar-refractivity contribution < 1.29 is 14.3 Å². The molecule has 3 rings (SSSR count). The van der Waals surface area contributed by atoms with Gasteiger partial charge in [0, 0.05) is 32.7 Å². The summed E-state index contributed by atoms with van der Waals surface area (Å²) in [6.07, 6.45) is 0. The van der Waals surface area contributed by atoms with E-state index in [-0.39, 0.29) is 5.91 Å². The Balaban J connectivity index is 1.65. The van der Waals surface area contributed by atoms with E-state index in [0.29, 0.717) is 40.2 Å². The molecule has 0 saturated carbocycles. The fourth-order valence-corrected chi connectivity index (χ4v) is 3.55. The normalized spacial score (nSPS) is 14.9. The monoisotopic (exact) mass is 408 g/mol. The summed E-state index contributed by atoms with van der Waals surface area (Å²) < 4.78 is 10.7. The average Bonchev–Trinajstić information content (AvgIpc) is 2.70. The van der Waals surface area contributed by atoms with Crippen LogP contribution in [-0.4, -0.2) is 56.1 Å². The van der Waals surface area contributed by atoms with Crippen LogP contribution in [0.1, 0.15) is 15.9 Å². The summed E-state index contributed by atoms with van der Waals surface area (Å²) in [5, 5.41) is 1.12. The first-order chi connectivity index (χ1) is 13.0. The topological polar surface area (TPSA) is 42.0 Å². The summed E-state index contributed by atoms with van der Waals surface area (Å²) in [6.45, 7) is 3.62. The molecule has 0 aromatic heterocycles. The number of rotatable bonds is 5. The Bertz CT molecular complexity index is 799. The zero-order chi connectivity index (χ0) is 19.4. The number of hydrogen-bond acceptors (Lipinski definition) is 4. The first-order valence-corrected chi connectivity index (χ1v) is 9.45. The van der Waals surface area contributed by atoms with Gasteiger partial charge in [-0.3, -0.25) is 9.69 Å². The summed E-state index contributed by atoms with van der Waals surface area (Å²) in [5.74, 6) is 0.980. The van der Waals surface area contributed by atoms with E-state index in [1.54, 1.807) is 26.4 Å². The quantitative estimate of drug-likeness (QED) is 0.750. The third kappa shape index (κ3) is 4.49. The van der Waals surface area contributed by atoms with Gasteiger partial charge in [-0.1, -0.05) is 35.3 Å². The Labute approximate surface area is 169 Å². The van der Waals surface area contributed by atoms with Crippen molar-refractivity contribution in [2.45, 2.75) is 6.54 Å². The average molecular weight is 409 g/mol. The summed E-state index contributed by atoms with van der Waals surface area (Å²) >= 11 is 12.1. The van der Waals surface area contributed by atoms with Crippen LogP contribution < -0.4 is 9.47 Å². The third-order valence-corrected chi connectivity index (χ3v) is 5.43. The third-order valence-electron chi connectivity index (χ3n) is 4.69. The summed E-state index contributed by atoms with van der Waals surface area (Å²) in [7, 11) is 3.11. The van der Waals surface area contributed by atoms with E-state index in [1.165, 1.54) is 0 Å². The Morgan fingerprint density at radius 2 is 1.59 bits per heavy atom. The predicted molar refractivity (Wildman–Crippen MR) is 107 cm³/mol. The van der Waals surface area contributed by atoms with Crippen LogP contribution in [-0.2, 0) is 6.54 Å². The minimum absolute atomic E-state index is 0.0708. The molecule has 0 atom stereocenters. The molecule has 7 heteroatoms. The van der Waals surface area contributed by atoms with E-state index >= 15 is 0 Å². The van der Waals surface area contributed by atoms with Crippen molar-refractivity contribution in [2.24, 2.45) is 0 Å². The van der Waals surface area contributed by atoms with Crippen LogP contribution in [0.3, 0.4) is 0 Å². The van der Waals surface area contributed by atoms with Crippen LogP contribution >= 0.6 is 23.2 Å². The number of benzene rings is 2. The number of halogens is 2. The van der Waals surface area contributed by atoms with E-state index < -0.39 is 0 Å². The highest BCUT2D eigenvalue weighted by molar-refractivity contribution is 6.42. The number of methoxy groups -OCH3 is 2. The van der Waals surface area contributed by atoms with Crippen molar-refractivity contribution >= 4 is 29.1 Å². The van der Waals surface area contributed by atoms with Gasteiger partial charge < -0.3 is 14.4 Å². The highest BCUT2D eigenvalue weighted by Gasteiger charge is 2.27. The van der Waals surface area contributed by atoms with E-state index in [9.17, 15) is 4.79 Å². The van der Waals surface area contributed by atoms with Crippen molar-refractivity contribution in [3.05, 3.63) is 57.6 Å². The maximum Gasteiger partial charge on any atom is 0.261 e. The van der Waals surface area contributed by atoms with Crippen LogP contribution in [0, 0.1) is 0 Å². The van der Waals surface area contributed by atoms with Gasteiger partial charge in [0.25, 0.3) is 5.91 Å². The van der Waals surface area contributed by atoms with E-state index in [1.807, 2.05) is 29.2 Å². The summed E-state index contributed by atoms with van der Waals surface area (Å²) in [6, 6.07) is 11.0. The Kier molecular flexibility index (Phi) is 6.47. The van der Waals surface area contributed by atoms with Crippen LogP contribution in [0.4, 0.5) is 0 Å². The zero-order valence-corrected chi connectivity index (χ0v) is 16.9. The molecule has 1 amide bonds. The van der Waals surface area contributed by atoms with Gasteiger partial charge in [0.05, 0.1) is 24.3 Å². The maximum atomic E-state index is 13.0. The molecule has 0 N–H and O–H groups in total. The number of ether oxygens (including phenoxy) is 2. The molecule has 1 aliphatic heterocycles. The Morgan fingerprint density at radius 1 is 0.963 bits per heavy atom. The number of amides is 1. The highest BCUT2D eigenvalue weighted by atomic mass is 35.5. The second-order valence-electron chi connectivity index (χ2n) is 6.35. The minimum Gasteiger partial charge on any atom is -0.496 e. The molecule has 1 fully saturated rings. The smallest absolute Gasteiger partial charge is 0.261 e. The Hall–Kier alpha value is -1.95. The lowest BCUT2D eigenvalue weighted by atomic mass is 10.1. The number of nitrogens with zero attached hydrogens (tertiary/aromatic N) is 2. The largest absolute Gasteiger partial charge is 0.496 e. The number of carbonyl (C=O) groups is 1. The van der Waals surface area contributed by atoms with Gasteiger partial charge in [-0.25, -0.2) is 0 Å². The second-order valence-corrected chi connectivity index (χ2v) is 7.17. The van der Waals surface area contributed by atoms with Crippen LogP contribution in [0.2, 0.25) is 10.0 Å². The van der Waals surface area contributed by atoms with Crippen molar-refractivity contribution in [3.8, 4) is 11.5 Å². The molecule has 0 unspecified atom stereocenters. The second kappa shape index (κ2) is 8.83. The molecule has 1 aliphatic rings. The van der Waals surface area contributed by atoms with Gasteiger partial charge in [-0.15, -0.1) is 0 Å². The number of piperazine rings is 1. The first kappa shape index (κ1) is 19.8. The molecule has 0 aliphatic carbocycles. The lowest BCUT2D eigenvalue weighted by molar-refractivity contribution is 0.0622. The van der Waals surface area contributed by atoms with Crippen molar-refractivity contribution in [1.29, 1.82) is 0 Å².